The Bertz CT molecular complexity index is 1700. The zero-order valence-corrected chi connectivity index (χ0v) is 24.1. The number of amides is 1. The first kappa shape index (κ1) is 31.2. The lowest BCUT2D eigenvalue weighted by Gasteiger charge is -2.40. The maximum Gasteiger partial charge on any atom is 0.490 e. The van der Waals surface area contributed by atoms with E-state index in [4.69, 9.17) is 14.6 Å². The first-order valence-electron chi connectivity index (χ1n) is 14.3. The number of carbonyl (C=O) groups is 2. The van der Waals surface area contributed by atoms with E-state index in [9.17, 15) is 23.2 Å². The molecule has 1 amide bonds. The van der Waals surface area contributed by atoms with Crippen molar-refractivity contribution in [2.45, 2.75) is 38.2 Å². The second-order valence-electron chi connectivity index (χ2n) is 10.7. The summed E-state index contributed by atoms with van der Waals surface area (Å²) in [5.74, 6) is -2.76. The molecule has 1 fully saturated rings. The van der Waals surface area contributed by atoms with Crippen molar-refractivity contribution in [2.24, 2.45) is 0 Å². The number of hydrogen-bond donors (Lipinski definition) is 1. The third-order valence-corrected chi connectivity index (χ3v) is 7.70. The number of aromatic nitrogens is 1. The van der Waals surface area contributed by atoms with Crippen LogP contribution in [0.5, 0.6) is 0 Å². The number of pyridine rings is 1. The van der Waals surface area contributed by atoms with Gasteiger partial charge < -0.3 is 9.84 Å². The molecule has 4 aromatic rings. The molecule has 0 bridgehead atoms. The molecule has 230 valence electrons. The summed E-state index contributed by atoms with van der Waals surface area (Å²) in [5, 5.41) is 16.5. The van der Waals surface area contributed by atoms with Gasteiger partial charge in [0.05, 0.1) is 16.9 Å². The summed E-state index contributed by atoms with van der Waals surface area (Å²) < 4.78 is 37.2. The molecule has 1 saturated heterocycles. The number of carbonyl (C=O) groups excluding carboxylic acids is 1. The van der Waals surface area contributed by atoms with Crippen LogP contribution in [-0.2, 0) is 22.7 Å². The van der Waals surface area contributed by atoms with Crippen LogP contribution in [0.1, 0.15) is 29.5 Å². The van der Waals surface area contributed by atoms with Crippen LogP contribution in [0.2, 0.25) is 0 Å². The van der Waals surface area contributed by atoms with Crippen LogP contribution >= 0.6 is 0 Å². The van der Waals surface area contributed by atoms with Crippen molar-refractivity contribution in [2.75, 3.05) is 18.0 Å². The summed E-state index contributed by atoms with van der Waals surface area (Å²) in [6.07, 6.45) is -1.85. The second-order valence-corrected chi connectivity index (χ2v) is 10.7. The number of carboxylic acids is 1. The molecule has 0 saturated carbocycles. The van der Waals surface area contributed by atoms with E-state index in [1.165, 1.54) is 5.56 Å². The Morgan fingerprint density at radius 2 is 1.62 bits per heavy atom. The predicted octanol–water partition coefficient (Wildman–Crippen LogP) is 7.04. The summed E-state index contributed by atoms with van der Waals surface area (Å²) >= 11 is 0. The van der Waals surface area contributed by atoms with Crippen LogP contribution in [-0.4, -0.2) is 52.4 Å². The van der Waals surface area contributed by atoms with Crippen LogP contribution in [0.15, 0.2) is 91.1 Å². The van der Waals surface area contributed by atoms with E-state index in [1.807, 2.05) is 65.6 Å². The molecule has 2 aliphatic rings. The third kappa shape index (κ3) is 7.48. The van der Waals surface area contributed by atoms with Gasteiger partial charge >= 0.3 is 18.2 Å². The molecular weight excluding hydrogens is 585 g/mol. The number of ether oxygens (including phenoxy) is 1. The Morgan fingerprint density at radius 3 is 2.27 bits per heavy atom. The number of anilines is 1. The van der Waals surface area contributed by atoms with Gasteiger partial charge in [0.2, 0.25) is 0 Å². The lowest BCUT2D eigenvalue weighted by molar-refractivity contribution is -0.192. The van der Waals surface area contributed by atoms with Crippen molar-refractivity contribution in [1.82, 2.24) is 9.88 Å². The minimum absolute atomic E-state index is 0.154. The highest BCUT2D eigenvalue weighted by molar-refractivity contribution is 5.91. The smallest absolute Gasteiger partial charge is 0.475 e. The normalized spacial score (nSPS) is 15.2. The fourth-order valence-electron chi connectivity index (χ4n) is 5.48. The topological polar surface area (TPSA) is 107 Å². The number of likely N-dealkylation sites (tertiary alicyclic amines) is 1. The van der Waals surface area contributed by atoms with Crippen LogP contribution in [0.3, 0.4) is 0 Å². The average Bonchev–Trinajstić information content (AvgIpc) is 3.05. The van der Waals surface area contributed by atoms with E-state index < -0.39 is 12.1 Å². The summed E-state index contributed by atoms with van der Waals surface area (Å²) in [7, 11) is 0. The lowest BCUT2D eigenvalue weighted by atomic mass is 9.97. The van der Waals surface area contributed by atoms with E-state index in [0.717, 1.165) is 66.1 Å². The van der Waals surface area contributed by atoms with Gasteiger partial charge in [0, 0.05) is 48.6 Å². The molecule has 0 spiro atoms. The SMILES string of the molecule is N#Cc1cnc(-c2ccc(CN3CCC(N4C(=O)OCc5ccccc54)CC3)cc2)c(-c2ccccc2)c1.O=C(O)C(F)(F)F. The summed E-state index contributed by atoms with van der Waals surface area (Å²) in [5.41, 5.74) is 7.75. The van der Waals surface area contributed by atoms with Crippen molar-refractivity contribution >= 4 is 17.7 Å². The quantitative estimate of drug-likeness (QED) is 0.257. The number of benzene rings is 3. The molecule has 8 nitrogen and oxygen atoms in total. The predicted molar refractivity (Wildman–Crippen MR) is 161 cm³/mol. The molecule has 1 aromatic heterocycles. The number of piperidine rings is 1. The Balaban J connectivity index is 0.000000515. The molecule has 0 radical (unpaired) electrons. The van der Waals surface area contributed by atoms with Crippen LogP contribution in [0, 0.1) is 11.3 Å². The van der Waals surface area contributed by atoms with Gasteiger partial charge in [0.25, 0.3) is 0 Å². The standard InChI is InChI=1S/C32H28N4O2.C2HF3O2/c33-19-24-18-29(25-6-2-1-3-7-25)31(34-20-24)26-12-10-23(11-13-26)21-35-16-14-28(15-17-35)36-30-9-5-4-8-27(30)22-38-32(36)37;3-2(4,5)1(6)7/h1-13,18,20,28H,14-17,21-22H2;(H,6,7). The minimum atomic E-state index is -5.08. The van der Waals surface area contributed by atoms with Crippen molar-refractivity contribution in [3.8, 4) is 28.5 Å². The molecule has 0 atom stereocenters. The Morgan fingerprint density at radius 1 is 0.978 bits per heavy atom. The fraction of sp³-hybridized carbons (Fsp3) is 0.235. The van der Waals surface area contributed by atoms with Gasteiger partial charge in [-0.25, -0.2) is 9.59 Å². The maximum atomic E-state index is 12.6. The van der Waals surface area contributed by atoms with Crippen LogP contribution < -0.4 is 4.90 Å². The lowest BCUT2D eigenvalue weighted by Crippen LogP contribution is -2.49. The van der Waals surface area contributed by atoms with Gasteiger partial charge in [0.15, 0.2) is 0 Å². The van der Waals surface area contributed by atoms with Crippen LogP contribution in [0.25, 0.3) is 22.4 Å². The van der Waals surface area contributed by atoms with Crippen molar-refractivity contribution in [3.63, 3.8) is 0 Å². The molecule has 3 heterocycles. The molecule has 2 aliphatic heterocycles. The number of cyclic esters (lactones) is 1. The molecule has 0 unspecified atom stereocenters. The number of nitrogens with zero attached hydrogens (tertiary/aromatic N) is 4. The summed E-state index contributed by atoms with van der Waals surface area (Å²) in [6, 6.07) is 30.9. The first-order chi connectivity index (χ1) is 21.6. The van der Waals surface area contributed by atoms with Gasteiger partial charge in [-0.1, -0.05) is 72.8 Å². The number of alkyl halides is 3. The van der Waals surface area contributed by atoms with E-state index >= 15 is 0 Å². The van der Waals surface area contributed by atoms with Crippen molar-refractivity contribution in [3.05, 3.63) is 108 Å². The number of halogens is 3. The van der Waals surface area contributed by atoms with E-state index in [0.29, 0.717) is 12.2 Å². The monoisotopic (exact) mass is 614 g/mol. The highest BCUT2D eigenvalue weighted by atomic mass is 19.4. The van der Waals surface area contributed by atoms with Gasteiger partial charge in [-0.05, 0) is 36.1 Å². The summed E-state index contributed by atoms with van der Waals surface area (Å²) in [6.45, 7) is 3.06. The van der Waals surface area contributed by atoms with Gasteiger partial charge in [-0.15, -0.1) is 0 Å². The van der Waals surface area contributed by atoms with Gasteiger partial charge in [0.1, 0.15) is 12.7 Å². The molecule has 0 aliphatic carbocycles. The molecule has 6 rings (SSSR count). The first-order valence-corrected chi connectivity index (χ1v) is 14.3. The minimum Gasteiger partial charge on any atom is -0.475 e. The number of carboxylic acid groups (broad SMARTS) is 1. The molecule has 45 heavy (non-hydrogen) atoms. The zero-order chi connectivity index (χ0) is 32.0. The Hall–Kier alpha value is -5.21. The Kier molecular flexibility index (Phi) is 9.45. The second kappa shape index (κ2) is 13.6. The van der Waals surface area contributed by atoms with E-state index in [2.05, 4.69) is 40.2 Å². The van der Waals surface area contributed by atoms with E-state index in [1.54, 1.807) is 6.20 Å². The number of rotatable bonds is 5. The Labute approximate surface area is 257 Å². The third-order valence-electron chi connectivity index (χ3n) is 7.70. The highest BCUT2D eigenvalue weighted by Gasteiger charge is 2.38. The highest BCUT2D eigenvalue weighted by Crippen LogP contribution is 2.33. The summed E-state index contributed by atoms with van der Waals surface area (Å²) in [4.78, 5) is 30.4. The number of hydrogen-bond acceptors (Lipinski definition) is 6. The van der Waals surface area contributed by atoms with Crippen molar-refractivity contribution < 1.29 is 32.6 Å². The van der Waals surface area contributed by atoms with E-state index in [-0.39, 0.29) is 12.1 Å². The molecule has 3 aromatic carbocycles. The molecular formula is C34H29F3N4O4. The van der Waals surface area contributed by atoms with Gasteiger partial charge in [-0.3, -0.25) is 14.8 Å². The van der Waals surface area contributed by atoms with Gasteiger partial charge in [-0.2, -0.15) is 18.4 Å². The zero-order valence-electron chi connectivity index (χ0n) is 24.1. The number of aliphatic carboxylic acids is 1. The molecule has 11 heteroatoms. The maximum absolute atomic E-state index is 12.6. The number of nitriles is 1. The average molecular weight is 615 g/mol. The van der Waals surface area contributed by atoms with Crippen molar-refractivity contribution in [1.29, 1.82) is 5.26 Å². The number of fused-ring (bicyclic) bond motifs is 1. The largest absolute Gasteiger partial charge is 0.490 e. The number of para-hydroxylation sites is 1. The molecule has 1 N–H and O–H groups in total. The fourth-order valence-corrected chi connectivity index (χ4v) is 5.48. The van der Waals surface area contributed by atoms with Crippen LogP contribution in [0.4, 0.5) is 23.7 Å².